The number of benzene rings is 1. The first-order valence-electron chi connectivity index (χ1n) is 13.6. The van der Waals surface area contributed by atoms with Crippen LogP contribution in [0.1, 0.15) is 62.1 Å². The lowest BCUT2D eigenvalue weighted by atomic mass is 9.73. The third-order valence-corrected chi connectivity index (χ3v) is 8.43. The molecule has 1 aromatic heterocycles. The Morgan fingerprint density at radius 1 is 1.06 bits per heavy atom. The first-order valence-corrected chi connectivity index (χ1v) is 13.6. The van der Waals surface area contributed by atoms with Gasteiger partial charge in [-0.15, -0.1) is 0 Å². The van der Waals surface area contributed by atoms with Crippen molar-refractivity contribution in [3.8, 4) is 5.75 Å². The van der Waals surface area contributed by atoms with Crippen molar-refractivity contribution >= 4 is 11.8 Å². The van der Waals surface area contributed by atoms with Gasteiger partial charge >= 0.3 is 0 Å². The number of rotatable bonds is 3. The molecule has 0 radical (unpaired) electrons. The van der Waals surface area contributed by atoms with Crippen LogP contribution in [0.2, 0.25) is 0 Å². The van der Waals surface area contributed by atoms with E-state index < -0.39 is 0 Å². The zero-order valence-electron chi connectivity index (χ0n) is 21.2. The number of para-hydroxylation sites is 1. The number of aromatic amines is 1. The number of hydrogen-bond acceptors (Lipinski definition) is 5. The number of nitrogens with one attached hydrogen (secondary N) is 2. The highest BCUT2D eigenvalue weighted by Crippen LogP contribution is 2.38. The average Bonchev–Trinajstić information content (AvgIpc) is 3.45. The van der Waals surface area contributed by atoms with Crippen molar-refractivity contribution in [1.29, 1.82) is 0 Å². The molecule has 2 fully saturated rings. The number of nitrogens with zero attached hydrogens (tertiary/aromatic N) is 3. The number of carbonyl (C=O) groups excluding carboxylic acids is 2. The number of ether oxygens (including phenoxy) is 1. The Bertz CT molecular complexity index is 1010. The molecule has 8 nitrogen and oxygen atoms in total. The predicted octanol–water partition coefficient (Wildman–Crippen LogP) is 3.12. The molecule has 0 saturated carbocycles. The van der Waals surface area contributed by atoms with E-state index in [2.05, 4.69) is 32.5 Å². The molecule has 8 heteroatoms. The van der Waals surface area contributed by atoms with Gasteiger partial charge in [-0.25, -0.2) is 0 Å². The van der Waals surface area contributed by atoms with Gasteiger partial charge in [0.2, 0.25) is 11.8 Å². The Labute approximate surface area is 213 Å². The zero-order valence-corrected chi connectivity index (χ0v) is 21.2. The smallest absolute Gasteiger partial charge is 0.236 e. The molecule has 0 aliphatic carbocycles. The zero-order chi connectivity index (χ0) is 24.8. The van der Waals surface area contributed by atoms with Gasteiger partial charge < -0.3 is 15.0 Å². The Balaban J connectivity index is 1.12. The van der Waals surface area contributed by atoms with Crippen molar-refractivity contribution in [3.63, 3.8) is 0 Å². The summed E-state index contributed by atoms with van der Waals surface area (Å²) in [7, 11) is 0. The van der Waals surface area contributed by atoms with E-state index in [1.54, 1.807) is 6.20 Å². The Morgan fingerprint density at radius 3 is 2.64 bits per heavy atom. The number of amides is 2. The van der Waals surface area contributed by atoms with Gasteiger partial charge in [0.1, 0.15) is 12.4 Å². The fourth-order valence-electron chi connectivity index (χ4n) is 6.10. The second kappa shape index (κ2) is 11.5. The molecule has 3 aliphatic heterocycles. The Kier molecular flexibility index (Phi) is 7.90. The minimum atomic E-state index is -0.333. The van der Waals surface area contributed by atoms with Crippen LogP contribution in [0.3, 0.4) is 0 Å². The molecule has 0 unspecified atom stereocenters. The first kappa shape index (κ1) is 24.8. The number of aromatic nitrogens is 2. The van der Waals surface area contributed by atoms with Crippen LogP contribution in [-0.2, 0) is 16.0 Å². The fraction of sp³-hybridized carbons (Fsp3) is 0.607. The van der Waals surface area contributed by atoms with E-state index in [-0.39, 0.29) is 17.2 Å². The number of fused-ring (bicyclic) bond motifs is 1. The van der Waals surface area contributed by atoms with E-state index in [1.807, 2.05) is 23.1 Å². The van der Waals surface area contributed by atoms with Gasteiger partial charge in [0.05, 0.1) is 18.5 Å². The minimum absolute atomic E-state index is 0.159. The molecule has 0 atom stereocenters. The van der Waals surface area contributed by atoms with E-state index in [0.717, 1.165) is 83.3 Å². The number of H-pyrrole nitrogens is 1. The van der Waals surface area contributed by atoms with Gasteiger partial charge in [-0.3, -0.25) is 19.6 Å². The maximum atomic E-state index is 13.3. The third kappa shape index (κ3) is 5.75. The lowest BCUT2D eigenvalue weighted by Gasteiger charge is -2.41. The molecular formula is C28H39N5O3. The largest absolute Gasteiger partial charge is 0.491 e. The molecule has 4 heterocycles. The SMILES string of the molecule is O=C(CN1CCC2(CCCCc3ccccc3OCCNC2=O)CC1)N1CCC(c2ccn[nH]2)CC1. The summed E-state index contributed by atoms with van der Waals surface area (Å²) in [5.74, 6) is 1.77. The van der Waals surface area contributed by atoms with E-state index >= 15 is 0 Å². The van der Waals surface area contributed by atoms with Crippen LogP contribution in [-0.4, -0.2) is 77.7 Å². The first-order chi connectivity index (χ1) is 17.6. The second-order valence-corrected chi connectivity index (χ2v) is 10.6. The lowest BCUT2D eigenvalue weighted by Crippen LogP contribution is -2.52. The summed E-state index contributed by atoms with van der Waals surface area (Å²) in [4.78, 5) is 30.6. The predicted molar refractivity (Wildman–Crippen MR) is 138 cm³/mol. The highest BCUT2D eigenvalue weighted by molar-refractivity contribution is 5.83. The van der Waals surface area contributed by atoms with E-state index in [0.29, 0.717) is 25.6 Å². The van der Waals surface area contributed by atoms with E-state index in [9.17, 15) is 9.59 Å². The normalized spacial score (nSPS) is 22.1. The summed E-state index contributed by atoms with van der Waals surface area (Å²) < 4.78 is 5.96. The van der Waals surface area contributed by atoms with Gasteiger partial charge in [0.15, 0.2) is 0 Å². The van der Waals surface area contributed by atoms with Crippen LogP contribution in [0.5, 0.6) is 5.75 Å². The highest BCUT2D eigenvalue weighted by Gasteiger charge is 2.41. The molecular weight excluding hydrogens is 454 g/mol. The maximum absolute atomic E-state index is 13.3. The maximum Gasteiger partial charge on any atom is 0.236 e. The average molecular weight is 494 g/mol. The molecule has 1 spiro atoms. The Morgan fingerprint density at radius 2 is 1.86 bits per heavy atom. The summed E-state index contributed by atoms with van der Waals surface area (Å²) >= 11 is 0. The molecule has 2 aromatic rings. The second-order valence-electron chi connectivity index (χ2n) is 10.6. The van der Waals surface area contributed by atoms with Crippen LogP contribution in [0, 0.1) is 5.41 Å². The fourth-order valence-corrected chi connectivity index (χ4v) is 6.10. The quantitative estimate of drug-likeness (QED) is 0.686. The van der Waals surface area contributed by atoms with E-state index in [1.165, 1.54) is 11.3 Å². The molecule has 5 rings (SSSR count). The molecule has 36 heavy (non-hydrogen) atoms. The molecule has 0 bridgehead atoms. The van der Waals surface area contributed by atoms with Crippen molar-refractivity contribution in [3.05, 3.63) is 47.8 Å². The van der Waals surface area contributed by atoms with Crippen molar-refractivity contribution in [2.75, 3.05) is 45.9 Å². The molecule has 2 amide bonds. The van der Waals surface area contributed by atoms with Crippen LogP contribution < -0.4 is 10.1 Å². The summed E-state index contributed by atoms with van der Waals surface area (Å²) in [5, 5.41) is 10.3. The van der Waals surface area contributed by atoms with Gasteiger partial charge in [-0.05, 0) is 75.7 Å². The molecule has 194 valence electrons. The number of carbonyl (C=O) groups is 2. The standard InChI is InChI=1S/C28H39N5O3/c34-26(33-16-9-22(10-17-33)24-8-14-30-31-24)21-32-18-12-28(13-19-32)11-4-3-6-23-5-1-2-7-25(23)36-20-15-29-27(28)35/h1-2,5,7-8,14,22H,3-4,6,9-13,15-21H2,(H,29,35)(H,30,31). The van der Waals surface area contributed by atoms with Crippen molar-refractivity contribution in [2.45, 2.75) is 57.3 Å². The summed E-state index contributed by atoms with van der Waals surface area (Å²) in [6.07, 6.45) is 9.33. The summed E-state index contributed by atoms with van der Waals surface area (Å²) in [5.41, 5.74) is 2.09. The third-order valence-electron chi connectivity index (χ3n) is 8.43. The number of aryl methyl sites for hydroxylation is 1. The topological polar surface area (TPSA) is 90.6 Å². The minimum Gasteiger partial charge on any atom is -0.491 e. The van der Waals surface area contributed by atoms with E-state index in [4.69, 9.17) is 4.74 Å². The van der Waals surface area contributed by atoms with Gasteiger partial charge in [0.25, 0.3) is 0 Å². The monoisotopic (exact) mass is 493 g/mol. The molecule has 3 aliphatic rings. The summed E-state index contributed by atoms with van der Waals surface area (Å²) in [6, 6.07) is 10.3. The lowest BCUT2D eigenvalue weighted by molar-refractivity contribution is -0.137. The van der Waals surface area contributed by atoms with Crippen LogP contribution in [0.25, 0.3) is 0 Å². The number of hydrogen-bond donors (Lipinski definition) is 2. The summed E-state index contributed by atoms with van der Waals surface area (Å²) in [6.45, 7) is 4.65. The van der Waals surface area contributed by atoms with Gasteiger partial charge in [-0.2, -0.15) is 5.10 Å². The van der Waals surface area contributed by atoms with Crippen molar-refractivity contribution in [1.82, 2.24) is 25.3 Å². The van der Waals surface area contributed by atoms with Gasteiger partial charge in [0, 0.05) is 30.9 Å². The molecule has 2 N–H and O–H groups in total. The number of piperidine rings is 2. The molecule has 1 aromatic carbocycles. The van der Waals surface area contributed by atoms with Gasteiger partial charge in [-0.1, -0.05) is 24.6 Å². The van der Waals surface area contributed by atoms with Crippen LogP contribution >= 0.6 is 0 Å². The van der Waals surface area contributed by atoms with Crippen molar-refractivity contribution in [2.24, 2.45) is 5.41 Å². The molecule has 2 saturated heterocycles. The Hall–Kier alpha value is -2.87. The van der Waals surface area contributed by atoms with Crippen molar-refractivity contribution < 1.29 is 14.3 Å². The highest BCUT2D eigenvalue weighted by atomic mass is 16.5. The number of likely N-dealkylation sites (tertiary alicyclic amines) is 2. The van der Waals surface area contributed by atoms with Crippen LogP contribution in [0.4, 0.5) is 0 Å². The van der Waals surface area contributed by atoms with Crippen LogP contribution in [0.15, 0.2) is 36.5 Å².